The zero-order chi connectivity index (χ0) is 25.3. The van der Waals surface area contributed by atoms with Crippen molar-refractivity contribution in [3.63, 3.8) is 0 Å². The highest BCUT2D eigenvalue weighted by Gasteiger charge is 2.22. The van der Waals surface area contributed by atoms with Crippen LogP contribution in [0.3, 0.4) is 0 Å². The lowest BCUT2D eigenvalue weighted by atomic mass is 10.0. The van der Waals surface area contributed by atoms with Crippen molar-refractivity contribution in [1.29, 1.82) is 5.26 Å². The van der Waals surface area contributed by atoms with Crippen LogP contribution in [0.5, 0.6) is 0 Å². The number of halogens is 1. The molecule has 2 aromatic carbocycles. The molecular weight excluding hydrogens is 479 g/mol. The first-order valence-corrected chi connectivity index (χ1v) is 13.2. The van der Waals surface area contributed by atoms with Crippen molar-refractivity contribution in [2.24, 2.45) is 0 Å². The molecule has 2 N–H and O–H groups in total. The summed E-state index contributed by atoms with van der Waals surface area (Å²) < 4.78 is 40.0. The van der Waals surface area contributed by atoms with Gasteiger partial charge >= 0.3 is 0 Å². The van der Waals surface area contributed by atoms with Crippen molar-refractivity contribution in [2.75, 3.05) is 24.7 Å². The normalized spacial score (nSPS) is 14.4. The topological polar surface area (TPSA) is 115 Å². The Morgan fingerprint density at radius 2 is 1.97 bits per heavy atom. The zero-order valence-electron chi connectivity index (χ0n) is 19.5. The van der Waals surface area contributed by atoms with Crippen LogP contribution in [-0.2, 0) is 16.6 Å². The number of H-pyrrole nitrogens is 1. The fourth-order valence-electron chi connectivity index (χ4n) is 4.24. The van der Waals surface area contributed by atoms with Crippen LogP contribution in [0, 0.1) is 17.1 Å². The minimum atomic E-state index is -3.24. The summed E-state index contributed by atoms with van der Waals surface area (Å²) in [7, 11) is -3.24. The third-order valence-electron chi connectivity index (χ3n) is 6.21. The van der Waals surface area contributed by atoms with Gasteiger partial charge in [0.05, 0.1) is 23.6 Å². The maximum Gasteiger partial charge on any atom is 0.211 e. The molecule has 0 unspecified atom stereocenters. The minimum Gasteiger partial charge on any atom is -0.381 e. The lowest BCUT2D eigenvalue weighted by molar-refractivity contribution is 0.445. The number of rotatable bonds is 6. The molecule has 0 spiro atoms. The quantitative estimate of drug-likeness (QED) is 0.406. The molecule has 36 heavy (non-hydrogen) atoms. The number of anilines is 1. The van der Waals surface area contributed by atoms with Gasteiger partial charge in [-0.1, -0.05) is 18.2 Å². The molecule has 5 rings (SSSR count). The average Bonchev–Trinajstić information content (AvgIpc) is 3.33. The van der Waals surface area contributed by atoms with E-state index in [1.165, 1.54) is 23.0 Å². The maximum absolute atomic E-state index is 14.9. The predicted octanol–water partition coefficient (Wildman–Crippen LogP) is 4.30. The molecule has 8 nitrogen and oxygen atoms in total. The maximum atomic E-state index is 14.9. The molecule has 3 heterocycles. The van der Waals surface area contributed by atoms with Crippen LogP contribution in [0.1, 0.15) is 23.2 Å². The molecule has 0 amide bonds. The monoisotopic (exact) mass is 502 g/mol. The van der Waals surface area contributed by atoms with Gasteiger partial charge in [-0.15, -0.1) is 0 Å². The Hall–Kier alpha value is -4.07. The Kier molecular flexibility index (Phi) is 6.26. The number of nitriles is 1. The van der Waals surface area contributed by atoms with E-state index >= 15 is 0 Å². The third kappa shape index (κ3) is 4.84. The molecule has 0 radical (unpaired) electrons. The van der Waals surface area contributed by atoms with Crippen LogP contribution in [0.4, 0.5) is 10.1 Å². The van der Waals surface area contributed by atoms with E-state index in [4.69, 9.17) is 5.26 Å². The Morgan fingerprint density at radius 1 is 1.17 bits per heavy atom. The van der Waals surface area contributed by atoms with Crippen LogP contribution >= 0.6 is 0 Å². The Morgan fingerprint density at radius 3 is 2.67 bits per heavy atom. The first kappa shape index (κ1) is 23.7. The Labute approximate surface area is 208 Å². The van der Waals surface area contributed by atoms with Gasteiger partial charge in [0, 0.05) is 42.0 Å². The molecule has 0 aliphatic carbocycles. The van der Waals surface area contributed by atoms with Gasteiger partial charge in [0.1, 0.15) is 17.8 Å². The second-order valence-corrected chi connectivity index (χ2v) is 10.6. The first-order valence-electron chi connectivity index (χ1n) is 11.3. The second kappa shape index (κ2) is 9.53. The van der Waals surface area contributed by atoms with Crippen LogP contribution in [-0.4, -0.2) is 47.0 Å². The lowest BCUT2D eigenvalue weighted by Gasteiger charge is -2.23. The van der Waals surface area contributed by atoms with E-state index < -0.39 is 15.8 Å². The number of sulfonamides is 1. The summed E-state index contributed by atoms with van der Waals surface area (Å²) in [5.41, 5.74) is 5.52. The van der Waals surface area contributed by atoms with E-state index in [2.05, 4.69) is 26.3 Å². The molecule has 0 bridgehead atoms. The molecule has 0 saturated carbocycles. The fourth-order valence-corrected chi connectivity index (χ4v) is 5.01. The van der Waals surface area contributed by atoms with Crippen LogP contribution in [0.2, 0.25) is 0 Å². The number of fused-ring (bicyclic) bond motifs is 1. The minimum absolute atomic E-state index is 0.309. The Bertz CT molecular complexity index is 1620. The molecule has 0 fully saturated rings. The van der Waals surface area contributed by atoms with Crippen LogP contribution in [0.25, 0.3) is 27.9 Å². The molecule has 4 aromatic rings. The van der Waals surface area contributed by atoms with Crippen molar-refractivity contribution in [3.05, 3.63) is 83.6 Å². The van der Waals surface area contributed by atoms with Crippen LogP contribution < -0.4 is 5.32 Å². The fraction of sp³-hybridized carbons (Fsp3) is 0.192. The van der Waals surface area contributed by atoms with Gasteiger partial charge in [-0.05, 0) is 54.0 Å². The lowest BCUT2D eigenvalue weighted by Crippen LogP contribution is -2.33. The molecule has 10 heteroatoms. The number of hydrogen-bond donors (Lipinski definition) is 2. The zero-order valence-corrected chi connectivity index (χ0v) is 20.3. The first-order chi connectivity index (χ1) is 17.3. The van der Waals surface area contributed by atoms with E-state index in [9.17, 15) is 12.8 Å². The SMILES string of the molecule is CS(=O)(=O)N1CC=C(c2cc3c(-c4cc(NCc5ccc(C#N)cc5)ccc4F)ncnc3[nH]2)CC1. The summed E-state index contributed by atoms with van der Waals surface area (Å²) in [5.74, 6) is -0.401. The standard InChI is InChI=1S/C26H23FN6O2S/c1-36(34,35)33-10-8-19(9-11-33)24-13-22-25(30-16-31-26(22)32-24)21-12-20(6-7-23(21)27)29-15-18-4-2-17(14-28)3-5-18/h2-8,12-13,16,29H,9-11,15H2,1H3,(H,30,31,32). The smallest absolute Gasteiger partial charge is 0.211 e. The highest BCUT2D eigenvalue weighted by Crippen LogP contribution is 2.33. The molecule has 0 atom stereocenters. The highest BCUT2D eigenvalue weighted by atomic mass is 32.2. The summed E-state index contributed by atoms with van der Waals surface area (Å²) in [5, 5.41) is 12.9. The van der Waals surface area contributed by atoms with Crippen molar-refractivity contribution < 1.29 is 12.8 Å². The van der Waals surface area contributed by atoms with Gasteiger partial charge in [0.15, 0.2) is 0 Å². The number of nitrogens with one attached hydrogen (secondary N) is 2. The van der Waals surface area contributed by atoms with Gasteiger partial charge in [0.25, 0.3) is 0 Å². The summed E-state index contributed by atoms with van der Waals surface area (Å²) in [6, 6.07) is 16.1. The molecule has 1 aliphatic heterocycles. The van der Waals surface area contributed by atoms with Crippen molar-refractivity contribution in [2.45, 2.75) is 13.0 Å². The van der Waals surface area contributed by atoms with Gasteiger partial charge in [-0.25, -0.2) is 22.8 Å². The number of aromatic nitrogens is 3. The molecule has 1 aliphatic rings. The predicted molar refractivity (Wildman–Crippen MR) is 137 cm³/mol. The number of hydrogen-bond acceptors (Lipinski definition) is 6. The van der Waals surface area contributed by atoms with E-state index in [0.29, 0.717) is 53.9 Å². The summed E-state index contributed by atoms with van der Waals surface area (Å²) in [6.45, 7) is 1.23. The van der Waals surface area contributed by atoms with Crippen molar-refractivity contribution in [3.8, 4) is 17.3 Å². The van der Waals surface area contributed by atoms with Crippen molar-refractivity contribution in [1.82, 2.24) is 19.3 Å². The van der Waals surface area contributed by atoms with Gasteiger partial charge in [-0.2, -0.15) is 9.57 Å². The van der Waals surface area contributed by atoms with Crippen molar-refractivity contribution >= 4 is 32.3 Å². The number of benzene rings is 2. The summed E-state index contributed by atoms with van der Waals surface area (Å²) in [6.07, 6.45) is 5.05. The third-order valence-corrected chi connectivity index (χ3v) is 7.48. The summed E-state index contributed by atoms with van der Waals surface area (Å²) in [4.78, 5) is 12.0. The van der Waals surface area contributed by atoms with Gasteiger partial charge in [-0.3, -0.25) is 0 Å². The molecule has 0 saturated heterocycles. The second-order valence-electron chi connectivity index (χ2n) is 8.62. The van der Waals surface area contributed by atoms with Gasteiger partial charge < -0.3 is 10.3 Å². The number of aromatic amines is 1. The largest absolute Gasteiger partial charge is 0.381 e. The molecule has 2 aromatic heterocycles. The van der Waals surface area contributed by atoms with E-state index in [1.54, 1.807) is 24.3 Å². The van der Waals surface area contributed by atoms with Crippen LogP contribution in [0.15, 0.2) is 60.9 Å². The van der Waals surface area contributed by atoms with E-state index in [0.717, 1.165) is 22.5 Å². The molecule has 182 valence electrons. The average molecular weight is 503 g/mol. The van der Waals surface area contributed by atoms with Gasteiger partial charge in [0.2, 0.25) is 10.0 Å². The Balaban J connectivity index is 1.42. The summed E-state index contributed by atoms with van der Waals surface area (Å²) >= 11 is 0. The number of nitrogens with zero attached hydrogens (tertiary/aromatic N) is 4. The van der Waals surface area contributed by atoms with E-state index in [1.807, 2.05) is 24.3 Å². The highest BCUT2D eigenvalue weighted by molar-refractivity contribution is 7.88. The molecular formula is C26H23FN6O2S. The van der Waals surface area contributed by atoms with E-state index in [-0.39, 0.29) is 0 Å².